The molecule has 0 aliphatic carbocycles. The van der Waals surface area contributed by atoms with Crippen molar-refractivity contribution in [2.75, 3.05) is 55.4 Å². The maximum absolute atomic E-state index is 15.2. The van der Waals surface area contributed by atoms with Crippen molar-refractivity contribution >= 4 is 28.9 Å². The van der Waals surface area contributed by atoms with Crippen LogP contribution in [0.5, 0.6) is 17.4 Å². The van der Waals surface area contributed by atoms with E-state index in [1.807, 2.05) is 56.0 Å². The Labute approximate surface area is 251 Å². The molecule has 4 aromatic rings. The number of piperazine rings is 1. The summed E-state index contributed by atoms with van der Waals surface area (Å²) in [6.07, 6.45) is 2.22. The van der Waals surface area contributed by atoms with E-state index in [1.165, 1.54) is 12.3 Å². The summed E-state index contributed by atoms with van der Waals surface area (Å²) in [7, 11) is 2.06. The number of nitrogens with one attached hydrogen (secondary N) is 2. The number of hydrogen-bond acceptors (Lipinski definition) is 8. The molecule has 43 heavy (non-hydrogen) atoms. The van der Waals surface area contributed by atoms with Gasteiger partial charge in [0.15, 0.2) is 11.5 Å². The monoisotopic (exact) mass is 584 g/mol. The van der Waals surface area contributed by atoms with E-state index < -0.39 is 5.91 Å². The summed E-state index contributed by atoms with van der Waals surface area (Å²) in [6.45, 7) is 9.67. The second kappa shape index (κ2) is 13.5. The van der Waals surface area contributed by atoms with Crippen molar-refractivity contribution in [3.8, 4) is 17.4 Å². The van der Waals surface area contributed by atoms with E-state index in [-0.39, 0.29) is 23.2 Å². The number of likely N-dealkylation sites (N-methyl/N-ethyl adjacent to an activating group) is 1. The smallest absolute Gasteiger partial charge is 0.262 e. The van der Waals surface area contributed by atoms with Crippen LogP contribution in [-0.4, -0.2) is 60.6 Å². The zero-order chi connectivity index (χ0) is 30.3. The van der Waals surface area contributed by atoms with Crippen LogP contribution in [0, 0.1) is 19.7 Å². The molecule has 1 amide bonds. The van der Waals surface area contributed by atoms with Gasteiger partial charge in [-0.2, -0.15) is 4.98 Å². The van der Waals surface area contributed by atoms with Gasteiger partial charge in [0.2, 0.25) is 11.8 Å². The molecule has 3 aromatic carbocycles. The van der Waals surface area contributed by atoms with Crippen LogP contribution in [0.25, 0.3) is 0 Å². The molecule has 1 aromatic heterocycles. The Bertz CT molecular complexity index is 1570. The second-order valence-corrected chi connectivity index (χ2v) is 10.6. The number of amides is 1. The predicted molar refractivity (Wildman–Crippen MR) is 168 cm³/mol. The van der Waals surface area contributed by atoms with E-state index in [1.54, 1.807) is 24.3 Å². The maximum Gasteiger partial charge on any atom is 0.262 e. The van der Waals surface area contributed by atoms with Crippen molar-refractivity contribution in [3.05, 3.63) is 89.4 Å². The first kappa shape index (κ1) is 29.8. The van der Waals surface area contributed by atoms with Gasteiger partial charge < -0.3 is 29.9 Å². The number of aryl methyl sites for hydroxylation is 2. The zero-order valence-corrected chi connectivity index (χ0v) is 25.0. The molecule has 1 saturated heterocycles. The van der Waals surface area contributed by atoms with E-state index in [0.717, 1.165) is 43.7 Å². The lowest BCUT2D eigenvalue weighted by Gasteiger charge is -2.34. The van der Waals surface area contributed by atoms with Gasteiger partial charge in [0.1, 0.15) is 11.4 Å². The number of ether oxygens (including phenoxy) is 2. The topological polar surface area (TPSA) is 91.9 Å². The fourth-order valence-corrected chi connectivity index (χ4v) is 4.84. The van der Waals surface area contributed by atoms with Crippen LogP contribution in [-0.2, 0) is 0 Å². The maximum atomic E-state index is 15.2. The van der Waals surface area contributed by atoms with Crippen molar-refractivity contribution in [2.24, 2.45) is 0 Å². The average Bonchev–Trinajstić information content (AvgIpc) is 2.99. The number of halogens is 1. The second-order valence-electron chi connectivity index (χ2n) is 10.6. The first-order valence-electron chi connectivity index (χ1n) is 14.5. The number of anilines is 4. The molecule has 0 bridgehead atoms. The summed E-state index contributed by atoms with van der Waals surface area (Å²) < 4.78 is 27.2. The first-order valence-corrected chi connectivity index (χ1v) is 14.5. The zero-order valence-electron chi connectivity index (χ0n) is 25.0. The lowest BCUT2D eigenvalue weighted by molar-refractivity contribution is 0.102. The van der Waals surface area contributed by atoms with E-state index in [0.29, 0.717) is 35.2 Å². The number of carbonyl (C=O) groups excluding carboxylic acids is 1. The molecule has 9 nitrogen and oxygen atoms in total. The summed E-state index contributed by atoms with van der Waals surface area (Å²) in [5.74, 6) is 0.358. The minimum absolute atomic E-state index is 0.0308. The quantitative estimate of drug-likeness (QED) is 0.217. The van der Waals surface area contributed by atoms with Gasteiger partial charge in [-0.3, -0.25) is 4.79 Å². The molecule has 10 heteroatoms. The minimum Gasteiger partial charge on any atom is -0.490 e. The highest BCUT2D eigenvalue weighted by molar-refractivity contribution is 6.06. The molecule has 0 radical (unpaired) electrons. The molecule has 0 saturated carbocycles. The van der Waals surface area contributed by atoms with E-state index in [4.69, 9.17) is 9.47 Å². The molecule has 2 heterocycles. The third-order valence-corrected chi connectivity index (χ3v) is 7.28. The Kier molecular flexibility index (Phi) is 9.36. The van der Waals surface area contributed by atoms with Crippen LogP contribution in [0.3, 0.4) is 0 Å². The third kappa shape index (κ3) is 7.21. The largest absolute Gasteiger partial charge is 0.490 e. The van der Waals surface area contributed by atoms with Gasteiger partial charge in [-0.25, -0.2) is 9.37 Å². The van der Waals surface area contributed by atoms with Gasteiger partial charge in [0.25, 0.3) is 5.91 Å². The Balaban J connectivity index is 1.44. The molecule has 224 valence electrons. The number of rotatable bonds is 10. The van der Waals surface area contributed by atoms with E-state index >= 15 is 4.39 Å². The van der Waals surface area contributed by atoms with Crippen molar-refractivity contribution in [1.29, 1.82) is 0 Å². The Morgan fingerprint density at radius 2 is 1.70 bits per heavy atom. The minimum atomic E-state index is -0.423. The standard InChI is InChI=1S/C33H37FN6O3/c1-5-19-42-28-11-6-7-12-29(28)43-32-25(31(41)37-30-22(2)9-8-10-23(30)3)21-35-33(38-32)36-24-13-14-27(26(34)20-24)40-17-15-39(4)16-18-40/h6-14,20-21H,5,15-19H2,1-4H3,(H,37,41)(H,35,36,38). The number of benzene rings is 3. The fourth-order valence-electron chi connectivity index (χ4n) is 4.84. The van der Waals surface area contributed by atoms with Gasteiger partial charge in [-0.1, -0.05) is 37.3 Å². The Morgan fingerprint density at radius 1 is 0.977 bits per heavy atom. The van der Waals surface area contributed by atoms with Crippen LogP contribution >= 0.6 is 0 Å². The molecular weight excluding hydrogens is 547 g/mol. The number of para-hydroxylation sites is 3. The van der Waals surface area contributed by atoms with Crippen LogP contribution in [0.1, 0.15) is 34.8 Å². The summed E-state index contributed by atoms with van der Waals surface area (Å²) in [5.41, 5.74) is 3.73. The molecule has 0 atom stereocenters. The highest BCUT2D eigenvalue weighted by Crippen LogP contribution is 2.34. The lowest BCUT2D eigenvalue weighted by atomic mass is 10.1. The molecule has 2 N–H and O–H groups in total. The van der Waals surface area contributed by atoms with Crippen molar-refractivity contribution < 1.29 is 18.7 Å². The van der Waals surface area contributed by atoms with Crippen LogP contribution in [0.15, 0.2) is 66.9 Å². The van der Waals surface area contributed by atoms with Crippen LogP contribution in [0.4, 0.5) is 27.4 Å². The average molecular weight is 585 g/mol. The van der Waals surface area contributed by atoms with Crippen LogP contribution < -0.4 is 25.0 Å². The predicted octanol–water partition coefficient (Wildman–Crippen LogP) is 6.56. The summed E-state index contributed by atoms with van der Waals surface area (Å²) in [6, 6.07) is 18.0. The molecule has 0 spiro atoms. The van der Waals surface area contributed by atoms with Gasteiger partial charge in [0.05, 0.1) is 12.3 Å². The molecule has 0 unspecified atom stereocenters. The molecule has 1 fully saturated rings. The van der Waals surface area contributed by atoms with Crippen molar-refractivity contribution in [3.63, 3.8) is 0 Å². The fraction of sp³-hybridized carbons (Fsp3) is 0.303. The third-order valence-electron chi connectivity index (χ3n) is 7.28. The van der Waals surface area contributed by atoms with Gasteiger partial charge >= 0.3 is 0 Å². The Hall–Kier alpha value is -4.70. The van der Waals surface area contributed by atoms with E-state index in [2.05, 4.69) is 32.5 Å². The molecule has 5 rings (SSSR count). The number of hydrogen-bond donors (Lipinski definition) is 2. The first-order chi connectivity index (χ1) is 20.8. The Morgan fingerprint density at radius 3 is 2.40 bits per heavy atom. The summed E-state index contributed by atoms with van der Waals surface area (Å²) in [4.78, 5) is 26.7. The van der Waals surface area contributed by atoms with Crippen molar-refractivity contribution in [1.82, 2.24) is 14.9 Å². The van der Waals surface area contributed by atoms with Crippen molar-refractivity contribution in [2.45, 2.75) is 27.2 Å². The summed E-state index contributed by atoms with van der Waals surface area (Å²) >= 11 is 0. The number of aromatic nitrogens is 2. The molecule has 1 aliphatic heterocycles. The molecule has 1 aliphatic rings. The van der Waals surface area contributed by atoms with E-state index in [9.17, 15) is 4.79 Å². The van der Waals surface area contributed by atoms with Crippen LogP contribution in [0.2, 0.25) is 0 Å². The lowest BCUT2D eigenvalue weighted by Crippen LogP contribution is -2.44. The number of carbonyl (C=O) groups is 1. The highest BCUT2D eigenvalue weighted by Gasteiger charge is 2.21. The summed E-state index contributed by atoms with van der Waals surface area (Å²) in [5, 5.41) is 6.04. The highest BCUT2D eigenvalue weighted by atomic mass is 19.1. The normalized spacial score (nSPS) is 13.5. The van der Waals surface area contributed by atoms with Gasteiger partial charge in [0, 0.05) is 43.8 Å². The van der Waals surface area contributed by atoms with Gasteiger partial charge in [-0.15, -0.1) is 0 Å². The molecular formula is C33H37FN6O3. The van der Waals surface area contributed by atoms with Gasteiger partial charge in [-0.05, 0) is 68.8 Å². The number of nitrogens with zero attached hydrogens (tertiary/aromatic N) is 4. The SMILES string of the molecule is CCCOc1ccccc1Oc1nc(Nc2ccc(N3CCN(C)CC3)c(F)c2)ncc1C(=O)Nc1c(C)cccc1C.